The molecule has 0 fully saturated rings. The monoisotopic (exact) mass is 221 g/mol. The van der Waals surface area contributed by atoms with Crippen LogP contribution in [0.4, 0.5) is 0 Å². The molecule has 90 valence electrons. The second-order valence-electron chi connectivity index (χ2n) is 4.66. The molecule has 2 N–H and O–H groups in total. The Labute approximate surface area is 98.8 Å². The first kappa shape index (κ1) is 12.9. The highest BCUT2D eigenvalue weighted by molar-refractivity contribution is 5.41. The zero-order valence-electron chi connectivity index (χ0n) is 11.1. The normalized spacial score (nSPS) is 33.6. The largest absolute Gasteiger partial charge is 0.507 e. The molecule has 0 radical (unpaired) electrons. The highest BCUT2D eigenvalue weighted by atomic mass is 16.3. The first-order valence-corrected chi connectivity index (χ1v) is 5.93. The van der Waals surface area contributed by atoms with Crippen LogP contribution in [0.1, 0.15) is 47.5 Å². The summed E-state index contributed by atoms with van der Waals surface area (Å²) < 4.78 is 0. The van der Waals surface area contributed by atoms with E-state index >= 15 is 0 Å². The molecular formula is C14H23NO. The average Bonchev–Trinajstić information content (AvgIpc) is 2.28. The molecule has 0 amide bonds. The Morgan fingerprint density at radius 1 is 0.938 bits per heavy atom. The smallest absolute Gasteiger partial charge is 0.121 e. The summed E-state index contributed by atoms with van der Waals surface area (Å²) in [5, 5.41) is 13.6. The number of hydrogen-bond acceptors (Lipinski definition) is 2. The second kappa shape index (κ2) is 5.24. The van der Waals surface area contributed by atoms with E-state index in [1.165, 1.54) is 5.57 Å². The van der Waals surface area contributed by atoms with Gasteiger partial charge in [0.25, 0.3) is 0 Å². The van der Waals surface area contributed by atoms with Crippen molar-refractivity contribution in [3.8, 4) is 0 Å². The van der Waals surface area contributed by atoms with Crippen LogP contribution in [0.25, 0.3) is 0 Å². The van der Waals surface area contributed by atoms with Crippen LogP contribution in [-0.2, 0) is 0 Å². The third-order valence-corrected chi connectivity index (χ3v) is 3.59. The van der Waals surface area contributed by atoms with E-state index < -0.39 is 0 Å². The van der Waals surface area contributed by atoms with Crippen molar-refractivity contribution in [3.63, 3.8) is 0 Å². The van der Waals surface area contributed by atoms with Gasteiger partial charge in [-0.25, -0.2) is 0 Å². The summed E-state index contributed by atoms with van der Waals surface area (Å²) in [6.45, 7) is 11.2. The predicted octanol–water partition coefficient (Wildman–Crippen LogP) is 3.83. The van der Waals surface area contributed by atoms with Gasteiger partial charge in [0.1, 0.15) is 5.76 Å². The molecule has 0 aromatic heterocycles. The van der Waals surface area contributed by atoms with Crippen LogP contribution in [0.15, 0.2) is 33.7 Å². The first-order chi connectivity index (χ1) is 7.45. The number of nitrogens with one attached hydrogen (secondary N) is 1. The summed E-state index contributed by atoms with van der Waals surface area (Å²) in [7, 11) is 0. The number of aliphatic hydroxyl groups excluding tert-OH is 1. The molecule has 0 aromatic rings. The van der Waals surface area contributed by atoms with Crippen molar-refractivity contribution in [2.24, 2.45) is 0 Å². The molecule has 1 heterocycles. The van der Waals surface area contributed by atoms with Gasteiger partial charge < -0.3 is 10.4 Å². The van der Waals surface area contributed by atoms with Gasteiger partial charge in [-0.1, -0.05) is 5.57 Å². The number of aliphatic hydroxyl groups is 1. The minimum absolute atomic E-state index is 0.443. The minimum Gasteiger partial charge on any atom is -0.507 e. The lowest BCUT2D eigenvalue weighted by molar-refractivity contribution is 0.415. The van der Waals surface area contributed by atoms with Crippen molar-refractivity contribution in [2.75, 3.05) is 6.54 Å². The Kier molecular flexibility index (Phi) is 4.22. The molecule has 0 unspecified atom stereocenters. The van der Waals surface area contributed by atoms with Crippen LogP contribution in [-0.4, -0.2) is 11.7 Å². The van der Waals surface area contributed by atoms with Crippen LogP contribution in [0, 0.1) is 0 Å². The summed E-state index contributed by atoms with van der Waals surface area (Å²) in [6.07, 6.45) is 2.16. The van der Waals surface area contributed by atoms with E-state index in [4.69, 9.17) is 0 Å². The molecule has 0 spiro atoms. The lowest BCUT2D eigenvalue weighted by Gasteiger charge is -2.17. The van der Waals surface area contributed by atoms with Crippen LogP contribution in [0.2, 0.25) is 0 Å². The highest BCUT2D eigenvalue weighted by Gasteiger charge is 2.11. The second-order valence-corrected chi connectivity index (χ2v) is 4.66. The summed E-state index contributed by atoms with van der Waals surface area (Å²) in [5.41, 5.74) is 5.60. The molecule has 0 aromatic carbocycles. The molecule has 16 heavy (non-hydrogen) atoms. The molecule has 2 heteroatoms. The Hall–Kier alpha value is -1.18. The van der Waals surface area contributed by atoms with E-state index in [-0.39, 0.29) is 0 Å². The topological polar surface area (TPSA) is 32.3 Å². The van der Waals surface area contributed by atoms with Crippen LogP contribution in [0.5, 0.6) is 0 Å². The van der Waals surface area contributed by atoms with Crippen LogP contribution >= 0.6 is 0 Å². The van der Waals surface area contributed by atoms with Gasteiger partial charge in [0.05, 0.1) is 0 Å². The molecule has 0 aliphatic carbocycles. The minimum atomic E-state index is 0.443. The van der Waals surface area contributed by atoms with Gasteiger partial charge in [-0.05, 0) is 64.2 Å². The number of rotatable bonds is 0. The van der Waals surface area contributed by atoms with E-state index in [2.05, 4.69) is 26.1 Å². The Morgan fingerprint density at radius 2 is 1.56 bits per heavy atom. The van der Waals surface area contributed by atoms with Gasteiger partial charge in [-0.3, -0.25) is 0 Å². The van der Waals surface area contributed by atoms with Crippen molar-refractivity contribution in [1.29, 1.82) is 0 Å². The molecule has 0 saturated heterocycles. The van der Waals surface area contributed by atoms with E-state index in [1.807, 2.05) is 13.8 Å². The van der Waals surface area contributed by atoms with E-state index in [9.17, 15) is 5.11 Å². The van der Waals surface area contributed by atoms with E-state index in [0.717, 1.165) is 41.8 Å². The standard InChI is InChI=1S/C14H23NO/c1-9-7-6-8-15-13(5)11(3)12(4)14(16)10(9)2/h15-16H,6-8H2,1-5H3/b10-9+,13-11+,14-12+. The molecule has 2 nitrogen and oxygen atoms in total. The van der Waals surface area contributed by atoms with Gasteiger partial charge in [0.2, 0.25) is 0 Å². The van der Waals surface area contributed by atoms with Gasteiger partial charge >= 0.3 is 0 Å². The Bertz CT molecular complexity index is 336. The van der Waals surface area contributed by atoms with Crippen molar-refractivity contribution in [3.05, 3.63) is 33.7 Å². The molecular weight excluding hydrogens is 198 g/mol. The van der Waals surface area contributed by atoms with Gasteiger partial charge in [-0.15, -0.1) is 0 Å². The molecule has 0 saturated carbocycles. The molecule has 1 aliphatic rings. The SMILES string of the molecule is C\C1=C(C)/C(O)=C(C)\C(C)=C(/C)NCCC1. The maximum Gasteiger partial charge on any atom is 0.121 e. The van der Waals surface area contributed by atoms with Crippen molar-refractivity contribution in [1.82, 2.24) is 5.32 Å². The molecule has 1 rings (SSSR count). The quantitative estimate of drug-likeness (QED) is 0.651. The van der Waals surface area contributed by atoms with Gasteiger partial charge in [-0.2, -0.15) is 0 Å². The lowest BCUT2D eigenvalue weighted by Crippen LogP contribution is -2.16. The van der Waals surface area contributed by atoms with Gasteiger partial charge in [0.15, 0.2) is 0 Å². The van der Waals surface area contributed by atoms with E-state index in [0.29, 0.717) is 5.76 Å². The molecule has 0 bridgehead atoms. The lowest BCUT2D eigenvalue weighted by atomic mass is 9.97. The zero-order chi connectivity index (χ0) is 12.3. The fourth-order valence-corrected chi connectivity index (χ4v) is 1.89. The summed E-state index contributed by atoms with van der Waals surface area (Å²) in [6, 6.07) is 0. The molecule has 1 aliphatic heterocycles. The van der Waals surface area contributed by atoms with Crippen molar-refractivity contribution in [2.45, 2.75) is 47.5 Å². The molecule has 0 atom stereocenters. The van der Waals surface area contributed by atoms with Crippen LogP contribution < -0.4 is 5.32 Å². The fraction of sp³-hybridized carbons (Fsp3) is 0.571. The maximum atomic E-state index is 10.2. The summed E-state index contributed by atoms with van der Waals surface area (Å²) in [4.78, 5) is 0. The van der Waals surface area contributed by atoms with E-state index in [1.54, 1.807) is 0 Å². The van der Waals surface area contributed by atoms with Crippen molar-refractivity contribution >= 4 is 0 Å². The number of allylic oxidation sites excluding steroid dienone is 5. The average molecular weight is 221 g/mol. The third-order valence-electron chi connectivity index (χ3n) is 3.59. The highest BCUT2D eigenvalue weighted by Crippen LogP contribution is 2.24. The van der Waals surface area contributed by atoms with Crippen LogP contribution in [0.3, 0.4) is 0 Å². The Balaban J connectivity index is 3.27. The Morgan fingerprint density at radius 3 is 2.19 bits per heavy atom. The first-order valence-electron chi connectivity index (χ1n) is 5.93. The number of hydrogen-bond donors (Lipinski definition) is 2. The fourth-order valence-electron chi connectivity index (χ4n) is 1.89. The maximum absolute atomic E-state index is 10.2. The predicted molar refractivity (Wildman–Crippen MR) is 69.3 cm³/mol. The van der Waals surface area contributed by atoms with Crippen molar-refractivity contribution < 1.29 is 5.11 Å². The van der Waals surface area contributed by atoms with Gasteiger partial charge in [0, 0.05) is 12.2 Å². The third kappa shape index (κ3) is 2.69. The summed E-state index contributed by atoms with van der Waals surface area (Å²) >= 11 is 0. The zero-order valence-corrected chi connectivity index (χ0v) is 11.1. The summed E-state index contributed by atoms with van der Waals surface area (Å²) in [5.74, 6) is 0.443.